The van der Waals surface area contributed by atoms with Gasteiger partial charge in [-0.15, -0.1) is 0 Å². The summed E-state index contributed by atoms with van der Waals surface area (Å²) in [6, 6.07) is 12.1. The summed E-state index contributed by atoms with van der Waals surface area (Å²) in [5.41, 5.74) is 1.15. The number of carbonyl (C=O) groups excluding carboxylic acids is 3. The molecular weight excluding hydrogens is 615 g/mol. The van der Waals surface area contributed by atoms with E-state index in [0.29, 0.717) is 49.7 Å². The number of ether oxygens (including phenoxy) is 4. The van der Waals surface area contributed by atoms with Crippen LogP contribution < -0.4 is 29.2 Å². The molecule has 0 radical (unpaired) electrons. The zero-order valence-electron chi connectivity index (χ0n) is 20.3. The maximum Gasteiger partial charge on any atom is 0.335 e. The second-order valence-electron chi connectivity index (χ2n) is 8.27. The Morgan fingerprint density at radius 1 is 1.00 bits per heavy atom. The average molecular weight is 634 g/mol. The van der Waals surface area contributed by atoms with Crippen LogP contribution >= 0.6 is 39.1 Å². The molecule has 2 heterocycles. The first-order valence-corrected chi connectivity index (χ1v) is 13.1. The van der Waals surface area contributed by atoms with E-state index in [1.165, 1.54) is 18.2 Å². The molecule has 2 aliphatic rings. The minimum Gasteiger partial charge on any atom is -0.490 e. The lowest BCUT2D eigenvalue weighted by Crippen LogP contribution is -2.54. The number of fused-ring (bicyclic) bond motifs is 1. The summed E-state index contributed by atoms with van der Waals surface area (Å²) in [4.78, 5) is 39.5. The highest BCUT2D eigenvalue weighted by atomic mass is 79.9. The number of carbonyl (C=O) groups is 3. The van der Waals surface area contributed by atoms with Crippen molar-refractivity contribution in [2.45, 2.75) is 13.5 Å². The number of halogens is 3. The monoisotopic (exact) mass is 632 g/mol. The third-order valence-electron chi connectivity index (χ3n) is 5.78. The van der Waals surface area contributed by atoms with Crippen LogP contribution in [-0.4, -0.2) is 31.2 Å². The van der Waals surface area contributed by atoms with E-state index in [-0.39, 0.29) is 24.7 Å². The Bertz CT molecular complexity index is 1540. The van der Waals surface area contributed by atoms with Crippen LogP contribution in [0.25, 0.3) is 6.08 Å². The number of barbiturate groups is 1. The van der Waals surface area contributed by atoms with Gasteiger partial charge in [0.05, 0.1) is 12.3 Å². The summed E-state index contributed by atoms with van der Waals surface area (Å²) >= 11 is 15.7. The van der Waals surface area contributed by atoms with Gasteiger partial charge < -0.3 is 18.9 Å². The van der Waals surface area contributed by atoms with Crippen LogP contribution in [0.1, 0.15) is 18.1 Å². The molecule has 12 heteroatoms. The fourth-order valence-electron chi connectivity index (χ4n) is 3.91. The van der Waals surface area contributed by atoms with Gasteiger partial charge in [-0.3, -0.25) is 14.9 Å². The summed E-state index contributed by atoms with van der Waals surface area (Å²) in [6.07, 6.45) is 1.37. The van der Waals surface area contributed by atoms with Crippen LogP contribution in [0.15, 0.2) is 58.6 Å². The number of anilines is 1. The Kier molecular flexibility index (Phi) is 7.69. The molecule has 2 aliphatic heterocycles. The molecule has 39 heavy (non-hydrogen) atoms. The highest BCUT2D eigenvalue weighted by Gasteiger charge is 2.37. The van der Waals surface area contributed by atoms with Gasteiger partial charge in [-0.25, -0.2) is 9.69 Å². The number of urea groups is 1. The van der Waals surface area contributed by atoms with Gasteiger partial charge in [-0.2, -0.15) is 0 Å². The molecule has 0 spiro atoms. The first-order chi connectivity index (χ1) is 18.7. The van der Waals surface area contributed by atoms with Crippen LogP contribution in [0.2, 0.25) is 10.0 Å². The molecule has 9 nitrogen and oxygen atoms in total. The molecular formula is C27H19BrCl2N2O7. The van der Waals surface area contributed by atoms with Crippen molar-refractivity contribution in [2.24, 2.45) is 0 Å². The van der Waals surface area contributed by atoms with E-state index in [0.717, 1.165) is 10.5 Å². The summed E-state index contributed by atoms with van der Waals surface area (Å²) in [5, 5.41) is 3.18. The molecule has 3 aromatic rings. The van der Waals surface area contributed by atoms with Gasteiger partial charge >= 0.3 is 6.03 Å². The van der Waals surface area contributed by atoms with Crippen molar-refractivity contribution in [3.8, 4) is 23.0 Å². The lowest BCUT2D eigenvalue weighted by molar-refractivity contribution is -0.122. The number of hydrogen-bond donors (Lipinski definition) is 1. The van der Waals surface area contributed by atoms with Gasteiger partial charge in [-0.05, 0) is 55.0 Å². The van der Waals surface area contributed by atoms with E-state index in [9.17, 15) is 14.4 Å². The summed E-state index contributed by atoms with van der Waals surface area (Å²) < 4.78 is 22.9. The van der Waals surface area contributed by atoms with Gasteiger partial charge in [0.25, 0.3) is 11.8 Å². The number of benzene rings is 3. The lowest BCUT2D eigenvalue weighted by atomic mass is 10.1. The topological polar surface area (TPSA) is 103 Å². The van der Waals surface area contributed by atoms with Crippen molar-refractivity contribution in [1.82, 2.24) is 5.32 Å². The third-order valence-corrected chi connectivity index (χ3v) is 7.05. The van der Waals surface area contributed by atoms with Crippen molar-refractivity contribution in [3.63, 3.8) is 0 Å². The highest BCUT2D eigenvalue weighted by Crippen LogP contribution is 2.38. The molecule has 0 atom stereocenters. The Morgan fingerprint density at radius 3 is 2.54 bits per heavy atom. The predicted molar refractivity (Wildman–Crippen MR) is 148 cm³/mol. The minimum atomic E-state index is -0.875. The molecule has 200 valence electrons. The third kappa shape index (κ3) is 5.54. The first-order valence-electron chi connectivity index (χ1n) is 11.6. The number of amides is 4. The normalized spacial score (nSPS) is 15.5. The maximum atomic E-state index is 13.4. The SMILES string of the molecule is CCOc1cc(/C=C2\C(=O)NC(=O)N(c3ccc4c(c3)OCO4)C2=O)c(Br)cc1OCc1ccc(Cl)cc1Cl. The van der Waals surface area contributed by atoms with Gasteiger partial charge in [0.2, 0.25) is 6.79 Å². The standard InChI is InChI=1S/C27H19BrCl2N2O7/c1-2-36-22-8-15(19(28)11-24(22)37-12-14-3-4-16(29)9-20(14)30)7-18-25(33)31-27(35)32(26(18)34)17-5-6-21-23(10-17)39-13-38-21/h3-11H,2,12-13H2,1H3,(H,31,33,35)/b18-7+. The maximum absolute atomic E-state index is 13.4. The molecule has 0 saturated carbocycles. The van der Waals surface area contributed by atoms with Crippen molar-refractivity contribution in [3.05, 3.63) is 79.7 Å². The van der Waals surface area contributed by atoms with Gasteiger partial charge in [-0.1, -0.05) is 45.2 Å². The fourth-order valence-corrected chi connectivity index (χ4v) is 4.81. The molecule has 1 saturated heterocycles. The Labute approximate surface area is 241 Å². The number of nitrogens with one attached hydrogen (secondary N) is 1. The molecule has 1 fully saturated rings. The highest BCUT2D eigenvalue weighted by molar-refractivity contribution is 9.10. The van der Waals surface area contributed by atoms with E-state index in [1.54, 1.807) is 36.4 Å². The van der Waals surface area contributed by atoms with Crippen molar-refractivity contribution >= 4 is 68.7 Å². The smallest absolute Gasteiger partial charge is 0.335 e. The number of hydrogen-bond acceptors (Lipinski definition) is 7. The molecule has 0 unspecified atom stereocenters. The van der Waals surface area contributed by atoms with E-state index >= 15 is 0 Å². The summed E-state index contributed by atoms with van der Waals surface area (Å²) in [5.74, 6) is 0.0341. The molecule has 0 aromatic heterocycles. The molecule has 0 aliphatic carbocycles. The van der Waals surface area contributed by atoms with Crippen LogP contribution in [0.4, 0.5) is 10.5 Å². The largest absolute Gasteiger partial charge is 0.490 e. The van der Waals surface area contributed by atoms with E-state index in [4.69, 9.17) is 42.1 Å². The number of nitrogens with zero attached hydrogens (tertiary/aromatic N) is 1. The second kappa shape index (κ2) is 11.2. The van der Waals surface area contributed by atoms with Crippen LogP contribution in [0.5, 0.6) is 23.0 Å². The summed E-state index contributed by atoms with van der Waals surface area (Å²) in [7, 11) is 0. The zero-order valence-corrected chi connectivity index (χ0v) is 23.4. The van der Waals surface area contributed by atoms with Crippen molar-refractivity contribution in [2.75, 3.05) is 18.3 Å². The van der Waals surface area contributed by atoms with Crippen molar-refractivity contribution < 1.29 is 33.3 Å². The number of rotatable bonds is 7. The Balaban J connectivity index is 1.45. The Morgan fingerprint density at radius 2 is 1.77 bits per heavy atom. The van der Waals surface area contributed by atoms with Crippen LogP contribution in [-0.2, 0) is 16.2 Å². The molecule has 5 rings (SSSR count). The van der Waals surface area contributed by atoms with Crippen LogP contribution in [0, 0.1) is 0 Å². The Hall–Kier alpha value is -3.73. The fraction of sp³-hybridized carbons (Fsp3) is 0.148. The predicted octanol–water partition coefficient (Wildman–Crippen LogP) is 6.13. The summed E-state index contributed by atoms with van der Waals surface area (Å²) in [6.45, 7) is 2.33. The molecule has 4 amide bonds. The molecule has 1 N–H and O–H groups in total. The average Bonchev–Trinajstić information content (AvgIpc) is 3.36. The van der Waals surface area contributed by atoms with Gasteiger partial charge in [0.15, 0.2) is 23.0 Å². The van der Waals surface area contributed by atoms with Gasteiger partial charge in [0.1, 0.15) is 12.2 Å². The zero-order chi connectivity index (χ0) is 27.7. The van der Waals surface area contributed by atoms with Crippen LogP contribution in [0.3, 0.4) is 0 Å². The quantitative estimate of drug-likeness (QED) is 0.247. The first kappa shape index (κ1) is 26.9. The van der Waals surface area contributed by atoms with E-state index < -0.39 is 17.8 Å². The second-order valence-corrected chi connectivity index (χ2v) is 9.97. The molecule has 3 aromatic carbocycles. The van der Waals surface area contributed by atoms with Crippen molar-refractivity contribution in [1.29, 1.82) is 0 Å². The minimum absolute atomic E-state index is 0.0329. The van der Waals surface area contributed by atoms with E-state index in [1.807, 2.05) is 6.92 Å². The lowest BCUT2D eigenvalue weighted by Gasteiger charge is -2.26. The number of imide groups is 2. The van der Waals surface area contributed by atoms with Gasteiger partial charge in [0, 0.05) is 26.1 Å². The van der Waals surface area contributed by atoms with E-state index in [2.05, 4.69) is 21.2 Å². The molecule has 0 bridgehead atoms.